The summed E-state index contributed by atoms with van der Waals surface area (Å²) in [6.07, 6.45) is -0.725. The standard InChI is InChI=1S/C26H24N2O6/c29-18-11-9-16(10-12-18)25(30)27-21-14-32-24-22(15-33-23(21)24)28-26(31)17-5-4-8-20(13-17)34-19-6-2-1-3-7-19/h1-13,21-24,29H,14-15H2,(H,27,30)(H,28,31). The number of carbonyl (C=O) groups is 2. The summed E-state index contributed by atoms with van der Waals surface area (Å²) in [4.78, 5) is 25.4. The van der Waals surface area contributed by atoms with E-state index in [1.165, 1.54) is 12.1 Å². The minimum Gasteiger partial charge on any atom is -0.508 e. The Hall–Kier alpha value is -3.88. The minimum absolute atomic E-state index is 0.0932. The number of nitrogens with one attached hydrogen (secondary N) is 2. The Balaban J connectivity index is 1.19. The Morgan fingerprint density at radius 3 is 1.97 bits per heavy atom. The van der Waals surface area contributed by atoms with Crippen LogP contribution in [0.4, 0.5) is 0 Å². The van der Waals surface area contributed by atoms with Gasteiger partial charge in [-0.05, 0) is 54.6 Å². The predicted octanol–water partition coefficient (Wildman–Crippen LogP) is 2.88. The highest BCUT2D eigenvalue weighted by atomic mass is 16.6. The van der Waals surface area contributed by atoms with Crippen molar-refractivity contribution < 1.29 is 28.9 Å². The van der Waals surface area contributed by atoms with Crippen LogP contribution in [0.15, 0.2) is 78.9 Å². The highest BCUT2D eigenvalue weighted by molar-refractivity contribution is 5.95. The van der Waals surface area contributed by atoms with Crippen LogP contribution in [-0.4, -0.2) is 54.4 Å². The predicted molar refractivity (Wildman–Crippen MR) is 123 cm³/mol. The summed E-state index contributed by atoms with van der Waals surface area (Å²) in [7, 11) is 0. The third-order valence-electron chi connectivity index (χ3n) is 5.89. The van der Waals surface area contributed by atoms with Crippen molar-refractivity contribution in [3.63, 3.8) is 0 Å². The zero-order valence-corrected chi connectivity index (χ0v) is 18.2. The van der Waals surface area contributed by atoms with E-state index in [1.54, 1.807) is 36.4 Å². The van der Waals surface area contributed by atoms with Gasteiger partial charge < -0.3 is 30.0 Å². The summed E-state index contributed by atoms with van der Waals surface area (Å²) in [5.41, 5.74) is 0.897. The summed E-state index contributed by atoms with van der Waals surface area (Å²) >= 11 is 0. The van der Waals surface area contributed by atoms with Gasteiger partial charge in [-0.25, -0.2) is 0 Å². The Kier molecular flexibility index (Phi) is 6.16. The molecule has 0 saturated carbocycles. The summed E-state index contributed by atoms with van der Waals surface area (Å²) < 4.78 is 17.6. The first-order valence-electron chi connectivity index (χ1n) is 11.0. The van der Waals surface area contributed by atoms with E-state index in [0.717, 1.165) is 0 Å². The lowest BCUT2D eigenvalue weighted by Crippen LogP contribution is -2.46. The van der Waals surface area contributed by atoms with Crippen molar-refractivity contribution in [3.05, 3.63) is 90.0 Å². The van der Waals surface area contributed by atoms with Gasteiger partial charge >= 0.3 is 0 Å². The van der Waals surface area contributed by atoms with Crippen molar-refractivity contribution >= 4 is 11.8 Å². The average molecular weight is 460 g/mol. The van der Waals surface area contributed by atoms with Gasteiger partial charge in [0.25, 0.3) is 11.8 Å². The van der Waals surface area contributed by atoms with E-state index in [-0.39, 0.29) is 55.1 Å². The van der Waals surface area contributed by atoms with E-state index < -0.39 is 0 Å². The van der Waals surface area contributed by atoms with E-state index in [2.05, 4.69) is 10.6 Å². The first kappa shape index (κ1) is 21.9. The number of benzene rings is 3. The molecular formula is C26H24N2O6. The van der Waals surface area contributed by atoms with E-state index in [0.29, 0.717) is 22.6 Å². The molecule has 2 aliphatic rings. The molecule has 2 aliphatic heterocycles. The molecule has 4 atom stereocenters. The number of aromatic hydroxyl groups is 1. The van der Waals surface area contributed by atoms with E-state index in [9.17, 15) is 14.7 Å². The Morgan fingerprint density at radius 2 is 1.32 bits per heavy atom. The third kappa shape index (κ3) is 4.73. The summed E-state index contributed by atoms with van der Waals surface area (Å²) in [6, 6.07) is 21.6. The van der Waals surface area contributed by atoms with Crippen LogP contribution in [-0.2, 0) is 9.47 Å². The highest BCUT2D eigenvalue weighted by Crippen LogP contribution is 2.28. The molecule has 2 heterocycles. The molecule has 2 amide bonds. The lowest BCUT2D eigenvalue weighted by molar-refractivity contribution is 0.0628. The number of phenolic OH excluding ortho intramolecular Hbond substituents is 1. The molecule has 3 aromatic rings. The largest absolute Gasteiger partial charge is 0.508 e. The number of hydrogen-bond donors (Lipinski definition) is 3. The van der Waals surface area contributed by atoms with Gasteiger partial charge in [-0.2, -0.15) is 0 Å². The molecule has 0 radical (unpaired) electrons. The molecule has 8 nitrogen and oxygen atoms in total. The molecule has 0 spiro atoms. The number of para-hydroxylation sites is 1. The first-order valence-corrected chi connectivity index (χ1v) is 11.0. The number of amides is 2. The normalized spacial score (nSPS) is 23.2. The molecule has 2 saturated heterocycles. The molecule has 174 valence electrons. The summed E-state index contributed by atoms with van der Waals surface area (Å²) in [6.45, 7) is 0.568. The van der Waals surface area contributed by atoms with Crippen molar-refractivity contribution in [1.82, 2.24) is 10.6 Å². The van der Waals surface area contributed by atoms with Gasteiger partial charge in [-0.3, -0.25) is 9.59 Å². The molecule has 0 aliphatic carbocycles. The third-order valence-corrected chi connectivity index (χ3v) is 5.89. The highest BCUT2D eigenvalue weighted by Gasteiger charge is 2.48. The second kappa shape index (κ2) is 9.54. The second-order valence-electron chi connectivity index (χ2n) is 8.25. The fourth-order valence-corrected chi connectivity index (χ4v) is 4.19. The van der Waals surface area contributed by atoms with Gasteiger partial charge in [0.05, 0.1) is 25.3 Å². The van der Waals surface area contributed by atoms with Crippen LogP contribution in [0.25, 0.3) is 0 Å². The average Bonchev–Trinajstić information content (AvgIpc) is 3.43. The molecule has 8 heteroatoms. The van der Waals surface area contributed by atoms with Crippen molar-refractivity contribution in [2.24, 2.45) is 0 Å². The smallest absolute Gasteiger partial charge is 0.251 e. The lowest BCUT2D eigenvalue weighted by Gasteiger charge is -2.18. The summed E-state index contributed by atoms with van der Waals surface area (Å²) in [5.74, 6) is 0.810. The van der Waals surface area contributed by atoms with Crippen LogP contribution in [0, 0.1) is 0 Å². The van der Waals surface area contributed by atoms with Gasteiger partial charge in [-0.15, -0.1) is 0 Å². The molecule has 0 aromatic heterocycles. The fourth-order valence-electron chi connectivity index (χ4n) is 4.19. The van der Waals surface area contributed by atoms with Crippen LogP contribution in [0.1, 0.15) is 20.7 Å². The number of hydrogen-bond acceptors (Lipinski definition) is 6. The number of carbonyl (C=O) groups excluding carboxylic acids is 2. The van der Waals surface area contributed by atoms with Gasteiger partial charge in [0, 0.05) is 11.1 Å². The lowest BCUT2D eigenvalue weighted by atomic mass is 10.0. The molecule has 4 unspecified atom stereocenters. The number of ether oxygens (including phenoxy) is 3. The minimum atomic E-state index is -0.363. The molecule has 5 rings (SSSR count). The Labute approximate surface area is 196 Å². The fraction of sp³-hybridized carbons (Fsp3) is 0.231. The van der Waals surface area contributed by atoms with Crippen molar-refractivity contribution in [2.45, 2.75) is 24.3 Å². The number of rotatable bonds is 6. The van der Waals surface area contributed by atoms with E-state index in [1.807, 2.05) is 30.3 Å². The van der Waals surface area contributed by atoms with Gasteiger partial charge in [0.2, 0.25) is 0 Å². The van der Waals surface area contributed by atoms with Crippen LogP contribution >= 0.6 is 0 Å². The van der Waals surface area contributed by atoms with Gasteiger partial charge in [-0.1, -0.05) is 24.3 Å². The van der Waals surface area contributed by atoms with Crippen molar-refractivity contribution in [2.75, 3.05) is 13.2 Å². The maximum Gasteiger partial charge on any atom is 0.251 e. The molecule has 3 aromatic carbocycles. The van der Waals surface area contributed by atoms with Crippen LogP contribution in [0.5, 0.6) is 17.2 Å². The Bertz CT molecular complexity index is 1170. The zero-order valence-electron chi connectivity index (χ0n) is 18.2. The Morgan fingerprint density at radius 1 is 0.735 bits per heavy atom. The van der Waals surface area contributed by atoms with Crippen LogP contribution in [0.2, 0.25) is 0 Å². The van der Waals surface area contributed by atoms with E-state index >= 15 is 0 Å². The quantitative estimate of drug-likeness (QED) is 0.522. The zero-order chi connectivity index (χ0) is 23.5. The molecule has 34 heavy (non-hydrogen) atoms. The van der Waals surface area contributed by atoms with Crippen molar-refractivity contribution in [3.8, 4) is 17.2 Å². The summed E-state index contributed by atoms with van der Waals surface area (Å²) in [5, 5.41) is 15.3. The number of phenols is 1. The van der Waals surface area contributed by atoms with Gasteiger partial charge in [0.15, 0.2) is 0 Å². The topological polar surface area (TPSA) is 106 Å². The van der Waals surface area contributed by atoms with Crippen LogP contribution < -0.4 is 15.4 Å². The maximum absolute atomic E-state index is 12.9. The second-order valence-corrected chi connectivity index (χ2v) is 8.25. The SMILES string of the molecule is O=C(NC1COC2C(NC(=O)c3cccc(Oc4ccccc4)c3)COC12)c1ccc(O)cc1. The monoisotopic (exact) mass is 460 g/mol. The van der Waals surface area contributed by atoms with E-state index in [4.69, 9.17) is 14.2 Å². The molecular weight excluding hydrogens is 436 g/mol. The maximum atomic E-state index is 12.9. The molecule has 3 N–H and O–H groups in total. The molecule has 0 bridgehead atoms. The van der Waals surface area contributed by atoms with Crippen LogP contribution in [0.3, 0.4) is 0 Å². The first-order chi connectivity index (χ1) is 16.6. The van der Waals surface area contributed by atoms with Gasteiger partial charge in [0.1, 0.15) is 29.5 Å². The number of fused-ring (bicyclic) bond motifs is 1. The molecule has 2 fully saturated rings. The van der Waals surface area contributed by atoms with Crippen molar-refractivity contribution in [1.29, 1.82) is 0 Å².